The maximum atomic E-state index is 11.5. The Labute approximate surface area is 90.9 Å². The molecule has 2 rings (SSSR count). The van der Waals surface area contributed by atoms with Gasteiger partial charge in [-0.15, -0.1) is 11.3 Å². The van der Waals surface area contributed by atoms with Gasteiger partial charge in [0.15, 0.2) is 0 Å². The van der Waals surface area contributed by atoms with E-state index in [0.29, 0.717) is 12.2 Å². The highest BCUT2D eigenvalue weighted by Gasteiger charge is 2.16. The van der Waals surface area contributed by atoms with Gasteiger partial charge < -0.3 is 4.74 Å². The van der Waals surface area contributed by atoms with Gasteiger partial charge in [-0.2, -0.15) is 5.10 Å². The van der Waals surface area contributed by atoms with Crippen molar-refractivity contribution in [1.29, 1.82) is 0 Å². The molecule has 5 heteroatoms. The van der Waals surface area contributed by atoms with Gasteiger partial charge >= 0.3 is 5.97 Å². The zero-order valence-electron chi connectivity index (χ0n) is 8.19. The first kappa shape index (κ1) is 9.92. The number of hydrogen-bond acceptors (Lipinski definition) is 4. The summed E-state index contributed by atoms with van der Waals surface area (Å²) in [7, 11) is 0. The fourth-order valence-electron chi connectivity index (χ4n) is 1.26. The second-order valence-corrected chi connectivity index (χ2v) is 3.80. The zero-order valence-corrected chi connectivity index (χ0v) is 9.00. The number of rotatable bonds is 3. The van der Waals surface area contributed by atoms with E-state index in [0.717, 1.165) is 10.6 Å². The molecule has 4 nitrogen and oxygen atoms in total. The molecule has 0 atom stereocenters. The van der Waals surface area contributed by atoms with Crippen molar-refractivity contribution in [2.24, 2.45) is 0 Å². The van der Waals surface area contributed by atoms with E-state index in [2.05, 4.69) is 10.2 Å². The molecule has 0 amide bonds. The van der Waals surface area contributed by atoms with Crippen molar-refractivity contribution in [3.63, 3.8) is 0 Å². The van der Waals surface area contributed by atoms with E-state index in [1.54, 1.807) is 18.3 Å². The van der Waals surface area contributed by atoms with Gasteiger partial charge in [-0.05, 0) is 18.4 Å². The number of ether oxygens (including phenoxy) is 1. The van der Waals surface area contributed by atoms with Gasteiger partial charge in [0.05, 0.1) is 23.4 Å². The molecule has 0 spiro atoms. The van der Waals surface area contributed by atoms with Crippen molar-refractivity contribution < 1.29 is 9.53 Å². The molecule has 0 saturated carbocycles. The molecular weight excluding hydrogens is 212 g/mol. The Morgan fingerprint density at radius 1 is 1.67 bits per heavy atom. The molecule has 2 aromatic rings. The third-order valence-electron chi connectivity index (χ3n) is 1.90. The Hall–Kier alpha value is -1.62. The molecule has 0 fully saturated rings. The summed E-state index contributed by atoms with van der Waals surface area (Å²) in [5.74, 6) is -0.338. The average Bonchev–Trinajstić information content (AvgIpc) is 2.88. The van der Waals surface area contributed by atoms with E-state index in [9.17, 15) is 4.79 Å². The number of esters is 1. The van der Waals surface area contributed by atoms with Crippen molar-refractivity contribution in [1.82, 2.24) is 10.2 Å². The van der Waals surface area contributed by atoms with Crippen molar-refractivity contribution in [2.45, 2.75) is 6.92 Å². The van der Waals surface area contributed by atoms with Crippen LogP contribution >= 0.6 is 11.3 Å². The molecule has 15 heavy (non-hydrogen) atoms. The van der Waals surface area contributed by atoms with Crippen LogP contribution in [-0.4, -0.2) is 22.8 Å². The zero-order chi connectivity index (χ0) is 10.7. The number of aromatic nitrogens is 2. The summed E-state index contributed by atoms with van der Waals surface area (Å²) in [6.07, 6.45) is 1.49. The summed E-state index contributed by atoms with van der Waals surface area (Å²) >= 11 is 1.55. The number of carbonyl (C=O) groups excluding carboxylic acids is 1. The van der Waals surface area contributed by atoms with E-state index >= 15 is 0 Å². The lowest BCUT2D eigenvalue weighted by Crippen LogP contribution is -2.04. The molecule has 0 radical (unpaired) electrons. The monoisotopic (exact) mass is 222 g/mol. The predicted octanol–water partition coefficient (Wildman–Crippen LogP) is 2.31. The first-order chi connectivity index (χ1) is 7.33. The number of thiophene rings is 1. The Morgan fingerprint density at radius 2 is 2.53 bits per heavy atom. The lowest BCUT2D eigenvalue weighted by Gasteiger charge is -2.00. The van der Waals surface area contributed by atoms with E-state index < -0.39 is 0 Å². The van der Waals surface area contributed by atoms with Crippen LogP contribution in [0.1, 0.15) is 17.3 Å². The molecule has 78 valence electrons. The summed E-state index contributed by atoms with van der Waals surface area (Å²) in [6.45, 7) is 2.15. The molecule has 0 aliphatic rings. The Kier molecular flexibility index (Phi) is 2.82. The van der Waals surface area contributed by atoms with E-state index in [1.807, 2.05) is 17.5 Å². The quantitative estimate of drug-likeness (QED) is 0.811. The van der Waals surface area contributed by atoms with Crippen LogP contribution in [0.3, 0.4) is 0 Å². The molecule has 2 heterocycles. The summed E-state index contributed by atoms with van der Waals surface area (Å²) in [6, 6.07) is 3.86. The standard InChI is InChI=1S/C10H10N2O2S/c1-2-14-10(13)7-6-11-12-9(7)8-4-3-5-15-8/h3-6H,2H2,1H3,(H,11,12). The minimum atomic E-state index is -0.338. The van der Waals surface area contributed by atoms with Gasteiger partial charge in [0.25, 0.3) is 0 Å². The minimum absolute atomic E-state index is 0.338. The second-order valence-electron chi connectivity index (χ2n) is 2.86. The summed E-state index contributed by atoms with van der Waals surface area (Å²) in [5, 5.41) is 8.62. The van der Waals surface area contributed by atoms with Gasteiger partial charge in [-0.25, -0.2) is 4.79 Å². The second kappa shape index (κ2) is 4.27. The van der Waals surface area contributed by atoms with Crippen LogP contribution in [-0.2, 0) is 4.74 Å². The van der Waals surface area contributed by atoms with Crippen LogP contribution in [0.4, 0.5) is 0 Å². The summed E-state index contributed by atoms with van der Waals surface area (Å²) in [4.78, 5) is 12.5. The van der Waals surface area contributed by atoms with Crippen molar-refractivity contribution >= 4 is 17.3 Å². The lowest BCUT2D eigenvalue weighted by molar-refractivity contribution is 0.0527. The molecule has 0 bridgehead atoms. The molecule has 2 aromatic heterocycles. The number of nitrogens with zero attached hydrogens (tertiary/aromatic N) is 1. The maximum absolute atomic E-state index is 11.5. The van der Waals surface area contributed by atoms with Crippen molar-refractivity contribution in [3.8, 4) is 10.6 Å². The maximum Gasteiger partial charge on any atom is 0.342 e. The van der Waals surface area contributed by atoms with Gasteiger partial charge in [0.1, 0.15) is 5.56 Å². The van der Waals surface area contributed by atoms with E-state index in [1.165, 1.54) is 6.20 Å². The van der Waals surface area contributed by atoms with Crippen molar-refractivity contribution in [2.75, 3.05) is 6.61 Å². The van der Waals surface area contributed by atoms with Gasteiger partial charge in [0, 0.05) is 0 Å². The fraction of sp³-hybridized carbons (Fsp3) is 0.200. The average molecular weight is 222 g/mol. The molecule has 0 saturated heterocycles. The van der Waals surface area contributed by atoms with Gasteiger partial charge in [0.2, 0.25) is 0 Å². The van der Waals surface area contributed by atoms with E-state index in [4.69, 9.17) is 4.74 Å². The molecule has 1 N–H and O–H groups in total. The summed E-state index contributed by atoms with van der Waals surface area (Å²) in [5.41, 5.74) is 1.21. The molecule has 0 aromatic carbocycles. The first-order valence-electron chi connectivity index (χ1n) is 4.57. The third-order valence-corrected chi connectivity index (χ3v) is 2.79. The van der Waals surface area contributed by atoms with Crippen molar-refractivity contribution in [3.05, 3.63) is 29.3 Å². The van der Waals surface area contributed by atoms with Crippen LogP contribution in [0.5, 0.6) is 0 Å². The van der Waals surface area contributed by atoms with Crippen LogP contribution in [0.25, 0.3) is 10.6 Å². The van der Waals surface area contributed by atoms with Gasteiger partial charge in [-0.3, -0.25) is 5.10 Å². The molecular formula is C10H10N2O2S. The third kappa shape index (κ3) is 1.92. The number of H-pyrrole nitrogens is 1. The van der Waals surface area contributed by atoms with Crippen LogP contribution in [0.15, 0.2) is 23.7 Å². The lowest BCUT2D eigenvalue weighted by atomic mass is 10.2. The van der Waals surface area contributed by atoms with Crippen LogP contribution < -0.4 is 0 Å². The first-order valence-corrected chi connectivity index (χ1v) is 5.45. The number of carbonyl (C=O) groups is 1. The van der Waals surface area contributed by atoms with Crippen LogP contribution in [0, 0.1) is 0 Å². The smallest absolute Gasteiger partial charge is 0.342 e. The number of hydrogen-bond donors (Lipinski definition) is 1. The minimum Gasteiger partial charge on any atom is -0.462 e. The predicted molar refractivity (Wildman–Crippen MR) is 57.9 cm³/mol. The molecule has 0 unspecified atom stereocenters. The number of nitrogens with one attached hydrogen (secondary N) is 1. The largest absolute Gasteiger partial charge is 0.462 e. The normalized spacial score (nSPS) is 10.2. The number of aromatic amines is 1. The molecule has 0 aliphatic heterocycles. The Morgan fingerprint density at radius 3 is 3.20 bits per heavy atom. The topological polar surface area (TPSA) is 55.0 Å². The highest BCUT2D eigenvalue weighted by molar-refractivity contribution is 7.13. The van der Waals surface area contributed by atoms with Crippen LogP contribution in [0.2, 0.25) is 0 Å². The Balaban J connectivity index is 2.34. The highest BCUT2D eigenvalue weighted by atomic mass is 32.1. The SMILES string of the molecule is CCOC(=O)c1cn[nH]c1-c1cccs1. The van der Waals surface area contributed by atoms with Gasteiger partial charge in [-0.1, -0.05) is 6.07 Å². The Bertz CT molecular complexity index is 448. The summed E-state index contributed by atoms with van der Waals surface area (Å²) < 4.78 is 4.93. The van der Waals surface area contributed by atoms with E-state index in [-0.39, 0.29) is 5.97 Å². The fourth-order valence-corrected chi connectivity index (χ4v) is 1.99. The highest BCUT2D eigenvalue weighted by Crippen LogP contribution is 2.25. The molecule has 0 aliphatic carbocycles.